The first-order valence-electron chi connectivity index (χ1n) is 7.75. The van der Waals surface area contributed by atoms with E-state index in [0.717, 1.165) is 11.1 Å². The number of nitrogens with one attached hydrogen (secondary N) is 1. The Bertz CT molecular complexity index is 761. The van der Waals surface area contributed by atoms with E-state index in [9.17, 15) is 9.59 Å². The number of benzene rings is 2. The van der Waals surface area contributed by atoms with Gasteiger partial charge in [-0.1, -0.05) is 48.5 Å². The maximum Gasteiger partial charge on any atom is 0.407 e. The molecule has 24 heavy (non-hydrogen) atoms. The van der Waals surface area contributed by atoms with Crippen molar-refractivity contribution in [1.82, 2.24) is 5.32 Å². The Morgan fingerprint density at radius 1 is 1.17 bits per heavy atom. The zero-order chi connectivity index (χ0) is 16.9. The van der Waals surface area contributed by atoms with E-state index in [4.69, 9.17) is 11.2 Å². The van der Waals surface area contributed by atoms with E-state index in [1.165, 1.54) is 11.1 Å². The van der Waals surface area contributed by atoms with Gasteiger partial charge in [0.1, 0.15) is 12.9 Å². The quantitative estimate of drug-likeness (QED) is 0.680. The van der Waals surface area contributed by atoms with Crippen molar-refractivity contribution in [3.8, 4) is 23.5 Å². The number of carbonyl (C=O) groups is 2. The number of terminal acetylenes is 1. The third-order valence-electron chi connectivity index (χ3n) is 4.15. The largest absolute Gasteiger partial charge is 0.449 e. The number of carbonyl (C=O) groups excluding carboxylic acids is 2. The highest BCUT2D eigenvalue weighted by Crippen LogP contribution is 2.44. The Morgan fingerprint density at radius 2 is 1.75 bits per heavy atom. The second kappa shape index (κ2) is 7.01. The lowest BCUT2D eigenvalue weighted by Gasteiger charge is -2.15. The fraction of sp³-hybridized carbons (Fsp3) is 0.200. The van der Waals surface area contributed by atoms with Gasteiger partial charge in [0, 0.05) is 12.3 Å². The van der Waals surface area contributed by atoms with Gasteiger partial charge in [-0.05, 0) is 22.3 Å². The van der Waals surface area contributed by atoms with Crippen LogP contribution in [-0.4, -0.2) is 25.0 Å². The normalized spacial score (nSPS) is 13.3. The standard InChI is InChI=1S/C20H17NO3/c1-2-7-14(12-22)21-20(23)24-13-19-17-10-5-3-8-15(17)16-9-4-6-11-18(16)19/h1,3-6,8-12,14,19H,7,13H2,(H,21,23)/t14-/m1/s1. The number of ether oxygens (including phenoxy) is 1. The molecule has 1 atom stereocenters. The number of alkyl carbamates (subject to hydrolysis) is 1. The number of aldehydes is 1. The molecule has 0 saturated heterocycles. The summed E-state index contributed by atoms with van der Waals surface area (Å²) in [6, 6.07) is 15.5. The van der Waals surface area contributed by atoms with Crippen molar-refractivity contribution in [3.05, 3.63) is 59.7 Å². The second-order valence-corrected chi connectivity index (χ2v) is 5.62. The predicted molar refractivity (Wildman–Crippen MR) is 91.5 cm³/mol. The van der Waals surface area contributed by atoms with Gasteiger partial charge in [0.05, 0.1) is 6.04 Å². The Balaban J connectivity index is 1.73. The third-order valence-corrected chi connectivity index (χ3v) is 4.15. The molecule has 0 bridgehead atoms. The van der Waals surface area contributed by atoms with Crippen LogP contribution >= 0.6 is 0 Å². The molecule has 2 aromatic carbocycles. The molecule has 4 heteroatoms. The average molecular weight is 319 g/mol. The van der Waals surface area contributed by atoms with Gasteiger partial charge in [-0.25, -0.2) is 4.79 Å². The average Bonchev–Trinajstić information content (AvgIpc) is 2.93. The van der Waals surface area contributed by atoms with Gasteiger partial charge in [-0.3, -0.25) is 0 Å². The highest BCUT2D eigenvalue weighted by Gasteiger charge is 2.29. The number of hydrogen-bond donors (Lipinski definition) is 1. The number of amides is 1. The lowest BCUT2D eigenvalue weighted by molar-refractivity contribution is -0.109. The van der Waals surface area contributed by atoms with E-state index < -0.39 is 12.1 Å². The van der Waals surface area contributed by atoms with Crippen LogP contribution in [0.15, 0.2) is 48.5 Å². The van der Waals surface area contributed by atoms with Gasteiger partial charge in [-0.2, -0.15) is 0 Å². The second-order valence-electron chi connectivity index (χ2n) is 5.62. The molecular weight excluding hydrogens is 302 g/mol. The van der Waals surface area contributed by atoms with Crippen LogP contribution in [0.1, 0.15) is 23.5 Å². The third kappa shape index (κ3) is 3.02. The number of rotatable bonds is 5. The molecule has 3 rings (SSSR count). The molecule has 1 amide bonds. The smallest absolute Gasteiger partial charge is 0.407 e. The molecule has 2 aromatic rings. The van der Waals surface area contributed by atoms with E-state index in [-0.39, 0.29) is 18.9 Å². The molecule has 0 spiro atoms. The summed E-state index contributed by atoms with van der Waals surface area (Å²) in [7, 11) is 0. The van der Waals surface area contributed by atoms with Crippen LogP contribution in [-0.2, 0) is 9.53 Å². The van der Waals surface area contributed by atoms with E-state index in [2.05, 4.69) is 23.4 Å². The van der Waals surface area contributed by atoms with Crippen molar-refractivity contribution in [2.24, 2.45) is 0 Å². The maximum absolute atomic E-state index is 11.9. The predicted octanol–water partition coefficient (Wildman–Crippen LogP) is 3.12. The molecule has 0 saturated carbocycles. The number of hydrogen-bond acceptors (Lipinski definition) is 3. The minimum atomic E-state index is -0.717. The summed E-state index contributed by atoms with van der Waals surface area (Å²) in [6.07, 6.45) is 5.28. The first kappa shape index (κ1) is 15.8. The van der Waals surface area contributed by atoms with E-state index >= 15 is 0 Å². The molecule has 0 fully saturated rings. The summed E-state index contributed by atoms with van der Waals surface area (Å²) in [4.78, 5) is 22.8. The molecular formula is C20H17NO3. The van der Waals surface area contributed by atoms with Gasteiger partial charge in [-0.15, -0.1) is 12.3 Å². The SMILES string of the molecule is C#CC[C@H](C=O)NC(=O)OCC1c2ccccc2-c2ccccc21. The van der Waals surface area contributed by atoms with Crippen LogP contribution in [0.4, 0.5) is 4.79 Å². The Labute approximate surface area is 140 Å². The van der Waals surface area contributed by atoms with E-state index in [0.29, 0.717) is 6.29 Å². The first-order valence-corrected chi connectivity index (χ1v) is 7.75. The first-order chi connectivity index (χ1) is 11.7. The summed E-state index contributed by atoms with van der Waals surface area (Å²) in [6.45, 7) is 0.210. The number of fused-ring (bicyclic) bond motifs is 3. The van der Waals surface area contributed by atoms with Crippen molar-refractivity contribution >= 4 is 12.4 Å². The zero-order valence-corrected chi connectivity index (χ0v) is 13.1. The summed E-state index contributed by atoms with van der Waals surface area (Å²) >= 11 is 0. The van der Waals surface area contributed by atoms with Gasteiger partial charge in [0.15, 0.2) is 0 Å². The zero-order valence-electron chi connectivity index (χ0n) is 13.1. The van der Waals surface area contributed by atoms with Crippen LogP contribution in [0.3, 0.4) is 0 Å². The van der Waals surface area contributed by atoms with E-state index in [1.54, 1.807) is 0 Å². The lowest BCUT2D eigenvalue weighted by atomic mass is 9.98. The molecule has 0 heterocycles. The van der Waals surface area contributed by atoms with Crippen molar-refractivity contribution in [3.63, 3.8) is 0 Å². The molecule has 1 aliphatic rings. The van der Waals surface area contributed by atoms with Gasteiger partial charge in [0.2, 0.25) is 0 Å². The maximum atomic E-state index is 11.9. The summed E-state index contributed by atoms with van der Waals surface area (Å²) in [5.41, 5.74) is 4.62. The molecule has 1 aliphatic carbocycles. The molecule has 1 N–H and O–H groups in total. The van der Waals surface area contributed by atoms with Crippen molar-refractivity contribution in [2.45, 2.75) is 18.4 Å². The van der Waals surface area contributed by atoms with Crippen LogP contribution < -0.4 is 5.32 Å². The fourth-order valence-corrected chi connectivity index (χ4v) is 3.05. The molecule has 0 aromatic heterocycles. The lowest BCUT2D eigenvalue weighted by Crippen LogP contribution is -2.36. The highest BCUT2D eigenvalue weighted by molar-refractivity contribution is 5.79. The van der Waals surface area contributed by atoms with Gasteiger partial charge in [0.25, 0.3) is 0 Å². The van der Waals surface area contributed by atoms with Crippen LogP contribution in [0.2, 0.25) is 0 Å². The van der Waals surface area contributed by atoms with Crippen LogP contribution in [0.5, 0.6) is 0 Å². The van der Waals surface area contributed by atoms with Crippen LogP contribution in [0, 0.1) is 12.3 Å². The van der Waals surface area contributed by atoms with Crippen LogP contribution in [0.25, 0.3) is 11.1 Å². The Morgan fingerprint density at radius 3 is 2.29 bits per heavy atom. The Kier molecular flexibility index (Phi) is 4.62. The molecule has 0 aliphatic heterocycles. The van der Waals surface area contributed by atoms with Gasteiger partial charge >= 0.3 is 6.09 Å². The fourth-order valence-electron chi connectivity index (χ4n) is 3.05. The van der Waals surface area contributed by atoms with E-state index in [1.807, 2.05) is 36.4 Å². The van der Waals surface area contributed by atoms with Gasteiger partial charge < -0.3 is 14.8 Å². The van der Waals surface area contributed by atoms with Crippen molar-refractivity contribution in [1.29, 1.82) is 0 Å². The molecule has 0 radical (unpaired) electrons. The minimum absolute atomic E-state index is 0.00883. The Hall–Kier alpha value is -3.06. The topological polar surface area (TPSA) is 55.4 Å². The van der Waals surface area contributed by atoms with Crippen molar-refractivity contribution in [2.75, 3.05) is 6.61 Å². The summed E-state index contributed by atoms with van der Waals surface area (Å²) in [5.74, 6) is 2.34. The summed E-state index contributed by atoms with van der Waals surface area (Å²) in [5, 5.41) is 2.47. The molecule has 120 valence electrons. The van der Waals surface area contributed by atoms with Crippen molar-refractivity contribution < 1.29 is 14.3 Å². The summed E-state index contributed by atoms with van der Waals surface area (Å²) < 4.78 is 5.34. The minimum Gasteiger partial charge on any atom is -0.449 e. The molecule has 0 unspecified atom stereocenters. The monoisotopic (exact) mass is 319 g/mol. The highest BCUT2D eigenvalue weighted by atomic mass is 16.5. The molecule has 4 nitrogen and oxygen atoms in total.